The van der Waals surface area contributed by atoms with Crippen molar-refractivity contribution < 1.29 is 13.2 Å². The number of aromatic nitrogens is 1. The average Bonchev–Trinajstić information content (AvgIpc) is 2.32. The molecule has 0 saturated carbocycles. The average molecular weight is 253 g/mol. The molecule has 94 valence electrons. The minimum absolute atomic E-state index is 0.0219. The number of aromatic amines is 1. The summed E-state index contributed by atoms with van der Waals surface area (Å²) in [5, 5.41) is 0. The highest BCUT2D eigenvalue weighted by atomic mass is 19.4. The quantitative estimate of drug-likeness (QED) is 0.830. The summed E-state index contributed by atoms with van der Waals surface area (Å²) < 4.78 is 38.6. The van der Waals surface area contributed by atoms with Crippen molar-refractivity contribution in [3.8, 4) is 11.1 Å². The van der Waals surface area contributed by atoms with Gasteiger partial charge in [-0.15, -0.1) is 0 Å². The van der Waals surface area contributed by atoms with Gasteiger partial charge in [-0.2, -0.15) is 13.2 Å². The van der Waals surface area contributed by atoms with Crippen molar-refractivity contribution >= 4 is 0 Å². The molecule has 0 atom stereocenters. The Morgan fingerprint density at radius 1 is 1.06 bits per heavy atom. The summed E-state index contributed by atoms with van der Waals surface area (Å²) >= 11 is 0. The summed E-state index contributed by atoms with van der Waals surface area (Å²) in [6.45, 7) is 1.50. The summed E-state index contributed by atoms with van der Waals surface area (Å²) in [5.41, 5.74) is -0.530. The molecule has 1 aromatic heterocycles. The maximum Gasteiger partial charge on any atom is 0.417 e. The summed E-state index contributed by atoms with van der Waals surface area (Å²) in [6, 6.07) is 6.70. The zero-order valence-electron chi connectivity index (χ0n) is 9.51. The van der Waals surface area contributed by atoms with E-state index in [2.05, 4.69) is 4.98 Å². The molecule has 0 radical (unpaired) electrons. The van der Waals surface area contributed by atoms with Gasteiger partial charge in [0.25, 0.3) is 5.56 Å². The second-order valence-corrected chi connectivity index (χ2v) is 3.89. The van der Waals surface area contributed by atoms with Crippen molar-refractivity contribution in [1.82, 2.24) is 4.98 Å². The first-order chi connectivity index (χ1) is 8.41. The zero-order valence-corrected chi connectivity index (χ0v) is 9.51. The number of H-pyrrole nitrogens is 1. The third-order valence-electron chi connectivity index (χ3n) is 2.73. The minimum Gasteiger partial charge on any atom is -0.329 e. The van der Waals surface area contributed by atoms with Crippen molar-refractivity contribution in [2.45, 2.75) is 13.1 Å². The molecule has 0 bridgehead atoms. The summed E-state index contributed by atoms with van der Waals surface area (Å²) in [7, 11) is 0. The zero-order chi connectivity index (χ0) is 13.3. The Morgan fingerprint density at radius 2 is 1.72 bits per heavy atom. The van der Waals surface area contributed by atoms with Crippen LogP contribution in [0.25, 0.3) is 11.1 Å². The summed E-state index contributed by atoms with van der Waals surface area (Å²) in [6.07, 6.45) is -3.09. The molecule has 2 rings (SSSR count). The van der Waals surface area contributed by atoms with Gasteiger partial charge in [0.1, 0.15) is 0 Å². The van der Waals surface area contributed by atoms with Crippen LogP contribution in [0.15, 0.2) is 41.3 Å². The number of alkyl halides is 3. The fourth-order valence-electron chi connectivity index (χ4n) is 1.81. The van der Waals surface area contributed by atoms with E-state index in [4.69, 9.17) is 0 Å². The first-order valence-electron chi connectivity index (χ1n) is 5.26. The van der Waals surface area contributed by atoms with Gasteiger partial charge in [-0.3, -0.25) is 4.79 Å². The Bertz CT molecular complexity index is 629. The Balaban J connectivity index is 2.73. The highest BCUT2D eigenvalue weighted by Gasteiger charge is 2.33. The van der Waals surface area contributed by atoms with Crippen molar-refractivity contribution in [3.63, 3.8) is 0 Å². The maximum absolute atomic E-state index is 12.9. The molecular formula is C13H10F3NO. The molecular weight excluding hydrogens is 243 g/mol. The van der Waals surface area contributed by atoms with Gasteiger partial charge in [0, 0.05) is 11.8 Å². The van der Waals surface area contributed by atoms with E-state index < -0.39 is 11.7 Å². The second kappa shape index (κ2) is 4.33. The van der Waals surface area contributed by atoms with Crippen LogP contribution >= 0.6 is 0 Å². The Kier molecular flexibility index (Phi) is 2.98. The van der Waals surface area contributed by atoms with E-state index in [1.807, 2.05) is 0 Å². The molecule has 0 amide bonds. The number of hydrogen-bond acceptors (Lipinski definition) is 1. The lowest BCUT2D eigenvalue weighted by molar-refractivity contribution is -0.137. The molecule has 18 heavy (non-hydrogen) atoms. The van der Waals surface area contributed by atoms with Crippen molar-refractivity contribution in [2.24, 2.45) is 0 Å². The van der Waals surface area contributed by atoms with Crippen LogP contribution < -0.4 is 5.56 Å². The summed E-state index contributed by atoms with van der Waals surface area (Å²) in [4.78, 5) is 13.9. The van der Waals surface area contributed by atoms with Crippen LogP contribution in [0.4, 0.5) is 13.2 Å². The topological polar surface area (TPSA) is 32.9 Å². The van der Waals surface area contributed by atoms with Gasteiger partial charge >= 0.3 is 6.18 Å². The van der Waals surface area contributed by atoms with Crippen LogP contribution in [0.2, 0.25) is 0 Å². The van der Waals surface area contributed by atoms with E-state index in [0.717, 1.165) is 6.07 Å². The van der Waals surface area contributed by atoms with Gasteiger partial charge in [0.2, 0.25) is 0 Å². The van der Waals surface area contributed by atoms with Crippen molar-refractivity contribution in [2.75, 3.05) is 0 Å². The van der Waals surface area contributed by atoms with Gasteiger partial charge in [-0.25, -0.2) is 0 Å². The van der Waals surface area contributed by atoms with Crippen LogP contribution in [-0.4, -0.2) is 4.98 Å². The molecule has 2 aromatic rings. The SMILES string of the molecule is Cc1c(-c2ccccc2C(F)(F)F)cc[nH]c1=O. The van der Waals surface area contributed by atoms with Crippen LogP contribution in [0.5, 0.6) is 0 Å². The first kappa shape index (κ1) is 12.4. The van der Waals surface area contributed by atoms with Crippen LogP contribution in [0.3, 0.4) is 0 Å². The number of hydrogen-bond donors (Lipinski definition) is 1. The molecule has 0 fully saturated rings. The standard InChI is InChI=1S/C13H10F3NO/c1-8-9(6-7-17-12(8)18)10-4-2-3-5-11(10)13(14,15)16/h2-7H,1H3,(H,17,18). The fourth-order valence-corrected chi connectivity index (χ4v) is 1.81. The highest BCUT2D eigenvalue weighted by molar-refractivity contribution is 5.70. The largest absolute Gasteiger partial charge is 0.417 e. The van der Waals surface area contributed by atoms with Gasteiger partial charge in [0.15, 0.2) is 0 Å². The third-order valence-corrected chi connectivity index (χ3v) is 2.73. The molecule has 0 unspecified atom stereocenters. The number of nitrogens with one attached hydrogen (secondary N) is 1. The molecule has 1 aromatic carbocycles. The third kappa shape index (κ3) is 2.16. The van der Waals surface area contributed by atoms with Gasteiger partial charge < -0.3 is 4.98 Å². The Hall–Kier alpha value is -2.04. The molecule has 0 aliphatic rings. The first-order valence-corrected chi connectivity index (χ1v) is 5.26. The molecule has 0 saturated heterocycles. The van der Waals surface area contributed by atoms with E-state index in [0.29, 0.717) is 5.56 Å². The van der Waals surface area contributed by atoms with E-state index in [-0.39, 0.29) is 16.7 Å². The van der Waals surface area contributed by atoms with Crippen molar-refractivity contribution in [1.29, 1.82) is 0 Å². The molecule has 5 heteroatoms. The van der Waals surface area contributed by atoms with E-state index in [1.165, 1.54) is 37.4 Å². The molecule has 0 aliphatic carbocycles. The lowest BCUT2D eigenvalue weighted by Gasteiger charge is -2.13. The predicted molar refractivity (Wildman–Crippen MR) is 62.2 cm³/mol. The lowest BCUT2D eigenvalue weighted by atomic mass is 9.97. The van der Waals surface area contributed by atoms with Crippen LogP contribution in [-0.2, 0) is 6.18 Å². The smallest absolute Gasteiger partial charge is 0.329 e. The Labute approximate surface area is 101 Å². The van der Waals surface area contributed by atoms with Gasteiger partial charge in [-0.05, 0) is 30.2 Å². The van der Waals surface area contributed by atoms with Gasteiger partial charge in [0.05, 0.1) is 5.56 Å². The number of rotatable bonds is 1. The fraction of sp³-hybridized carbons (Fsp3) is 0.154. The molecule has 0 spiro atoms. The lowest BCUT2D eigenvalue weighted by Crippen LogP contribution is -2.12. The van der Waals surface area contributed by atoms with Crippen LogP contribution in [0.1, 0.15) is 11.1 Å². The monoisotopic (exact) mass is 253 g/mol. The number of halogens is 3. The molecule has 2 nitrogen and oxygen atoms in total. The molecule has 1 N–H and O–H groups in total. The minimum atomic E-state index is -4.44. The second-order valence-electron chi connectivity index (χ2n) is 3.89. The van der Waals surface area contributed by atoms with Crippen molar-refractivity contribution in [3.05, 3.63) is 58.0 Å². The number of pyridine rings is 1. The number of benzene rings is 1. The molecule has 0 aliphatic heterocycles. The Morgan fingerprint density at radius 3 is 2.39 bits per heavy atom. The van der Waals surface area contributed by atoms with Gasteiger partial charge in [-0.1, -0.05) is 18.2 Å². The highest BCUT2D eigenvalue weighted by Crippen LogP contribution is 2.37. The van der Waals surface area contributed by atoms with E-state index in [1.54, 1.807) is 0 Å². The normalized spacial score (nSPS) is 11.6. The maximum atomic E-state index is 12.9. The van der Waals surface area contributed by atoms with Crippen LogP contribution in [0, 0.1) is 6.92 Å². The van der Waals surface area contributed by atoms with E-state index >= 15 is 0 Å². The van der Waals surface area contributed by atoms with E-state index in [9.17, 15) is 18.0 Å². The predicted octanol–water partition coefficient (Wildman–Crippen LogP) is 3.37. The molecule has 1 heterocycles. The summed E-state index contributed by atoms with van der Waals surface area (Å²) in [5.74, 6) is 0.